The topological polar surface area (TPSA) is 77.8 Å². The molecule has 5 nitrogen and oxygen atoms in total. The molecule has 1 fully saturated rings. The zero-order chi connectivity index (χ0) is 13.8. The fourth-order valence-corrected chi connectivity index (χ4v) is 2.61. The Labute approximate surface area is 111 Å². The van der Waals surface area contributed by atoms with E-state index in [2.05, 4.69) is 0 Å². The van der Waals surface area contributed by atoms with Gasteiger partial charge in [-0.05, 0) is 24.8 Å². The summed E-state index contributed by atoms with van der Waals surface area (Å²) in [6.07, 6.45) is 0.380. The third kappa shape index (κ3) is 3.24. The first-order valence-electron chi connectivity index (χ1n) is 6.34. The Kier molecular flexibility index (Phi) is 4.04. The molecule has 1 heterocycles. The third-order valence-electron chi connectivity index (χ3n) is 3.62. The summed E-state index contributed by atoms with van der Waals surface area (Å²) in [7, 11) is 0. The Bertz CT molecular complexity index is 460. The van der Waals surface area contributed by atoms with E-state index in [0.29, 0.717) is 25.8 Å². The first-order chi connectivity index (χ1) is 9.08. The molecule has 2 atom stereocenters. The second-order valence-corrected chi connectivity index (χ2v) is 4.88. The SMILES string of the molecule is O=C(O)C1CCN(C(=O)O)C(Cc2ccccc2)C1. The highest BCUT2D eigenvalue weighted by Gasteiger charge is 2.34. The maximum Gasteiger partial charge on any atom is 0.407 e. The number of aliphatic carboxylic acids is 1. The van der Waals surface area contributed by atoms with E-state index < -0.39 is 18.0 Å². The number of amides is 1. The van der Waals surface area contributed by atoms with Crippen molar-refractivity contribution in [3.05, 3.63) is 35.9 Å². The van der Waals surface area contributed by atoms with Gasteiger partial charge in [0.25, 0.3) is 0 Å². The van der Waals surface area contributed by atoms with Crippen molar-refractivity contribution in [2.75, 3.05) is 6.54 Å². The van der Waals surface area contributed by atoms with Crippen molar-refractivity contribution < 1.29 is 19.8 Å². The normalized spacial score (nSPS) is 23.1. The van der Waals surface area contributed by atoms with Crippen molar-refractivity contribution in [2.45, 2.75) is 25.3 Å². The molecule has 0 spiro atoms. The standard InChI is InChI=1S/C14H17NO4/c16-13(17)11-6-7-15(14(18)19)12(9-11)8-10-4-2-1-3-5-10/h1-5,11-12H,6-9H2,(H,16,17)(H,18,19). The molecule has 1 amide bonds. The molecule has 2 rings (SSSR count). The van der Waals surface area contributed by atoms with Gasteiger partial charge in [0.05, 0.1) is 5.92 Å². The first-order valence-corrected chi connectivity index (χ1v) is 6.34. The van der Waals surface area contributed by atoms with Crippen LogP contribution < -0.4 is 0 Å². The molecule has 0 bridgehead atoms. The van der Waals surface area contributed by atoms with Crippen LogP contribution in [-0.4, -0.2) is 39.8 Å². The highest BCUT2D eigenvalue weighted by molar-refractivity contribution is 5.71. The second-order valence-electron chi connectivity index (χ2n) is 4.88. The van der Waals surface area contributed by atoms with Crippen molar-refractivity contribution in [3.63, 3.8) is 0 Å². The third-order valence-corrected chi connectivity index (χ3v) is 3.62. The quantitative estimate of drug-likeness (QED) is 0.875. The van der Waals surface area contributed by atoms with Crippen molar-refractivity contribution >= 4 is 12.1 Å². The molecule has 1 aromatic rings. The molecule has 0 saturated carbocycles. The van der Waals surface area contributed by atoms with E-state index in [9.17, 15) is 14.7 Å². The van der Waals surface area contributed by atoms with E-state index in [4.69, 9.17) is 5.11 Å². The highest BCUT2D eigenvalue weighted by atomic mass is 16.4. The van der Waals surface area contributed by atoms with Crippen LogP contribution in [0.15, 0.2) is 30.3 Å². The summed E-state index contributed by atoms with van der Waals surface area (Å²) in [5.74, 6) is -1.27. The minimum Gasteiger partial charge on any atom is -0.481 e. The fraction of sp³-hybridized carbons (Fsp3) is 0.429. The van der Waals surface area contributed by atoms with Crippen LogP contribution in [0, 0.1) is 5.92 Å². The molecule has 2 unspecified atom stereocenters. The summed E-state index contributed by atoms with van der Waals surface area (Å²) in [6.45, 7) is 0.295. The van der Waals surface area contributed by atoms with Gasteiger partial charge in [0.1, 0.15) is 0 Å². The van der Waals surface area contributed by atoms with E-state index in [1.807, 2.05) is 30.3 Å². The Hall–Kier alpha value is -2.04. The van der Waals surface area contributed by atoms with Gasteiger partial charge in [-0.15, -0.1) is 0 Å². The number of carbonyl (C=O) groups is 2. The predicted molar refractivity (Wildman–Crippen MR) is 69.0 cm³/mol. The van der Waals surface area contributed by atoms with E-state index >= 15 is 0 Å². The van der Waals surface area contributed by atoms with E-state index in [1.165, 1.54) is 4.90 Å². The van der Waals surface area contributed by atoms with Crippen LogP contribution in [0.25, 0.3) is 0 Å². The average molecular weight is 263 g/mol. The number of hydrogen-bond donors (Lipinski definition) is 2. The molecule has 5 heteroatoms. The van der Waals surface area contributed by atoms with Crippen LogP contribution in [0.2, 0.25) is 0 Å². The number of carboxylic acids is 1. The van der Waals surface area contributed by atoms with Crippen LogP contribution in [-0.2, 0) is 11.2 Å². The Morgan fingerprint density at radius 1 is 1.21 bits per heavy atom. The molecule has 1 aliphatic rings. The minimum absolute atomic E-state index is 0.255. The molecule has 102 valence electrons. The largest absolute Gasteiger partial charge is 0.481 e. The minimum atomic E-state index is -0.968. The lowest BCUT2D eigenvalue weighted by atomic mass is 9.88. The molecule has 0 radical (unpaired) electrons. The molecule has 0 aliphatic carbocycles. The van der Waals surface area contributed by atoms with Crippen molar-refractivity contribution in [3.8, 4) is 0 Å². The van der Waals surface area contributed by atoms with Crippen molar-refractivity contribution in [2.24, 2.45) is 5.92 Å². The van der Waals surface area contributed by atoms with Gasteiger partial charge in [-0.3, -0.25) is 4.79 Å². The smallest absolute Gasteiger partial charge is 0.407 e. The molecule has 19 heavy (non-hydrogen) atoms. The molecule has 1 aliphatic heterocycles. The predicted octanol–water partition coefficient (Wildman–Crippen LogP) is 2.07. The van der Waals surface area contributed by atoms with Gasteiger partial charge in [0.2, 0.25) is 0 Å². The Morgan fingerprint density at radius 3 is 2.47 bits per heavy atom. The Balaban J connectivity index is 2.11. The van der Waals surface area contributed by atoms with Crippen LogP contribution in [0.5, 0.6) is 0 Å². The maximum absolute atomic E-state index is 11.2. The Morgan fingerprint density at radius 2 is 1.89 bits per heavy atom. The van der Waals surface area contributed by atoms with Gasteiger partial charge in [0.15, 0.2) is 0 Å². The monoisotopic (exact) mass is 263 g/mol. The van der Waals surface area contributed by atoms with Crippen molar-refractivity contribution in [1.29, 1.82) is 0 Å². The molecule has 1 aromatic carbocycles. The first kappa shape index (κ1) is 13.4. The van der Waals surface area contributed by atoms with Gasteiger partial charge >= 0.3 is 12.1 Å². The average Bonchev–Trinajstić information content (AvgIpc) is 2.39. The van der Waals surface area contributed by atoms with Gasteiger partial charge in [-0.2, -0.15) is 0 Å². The number of hydrogen-bond acceptors (Lipinski definition) is 2. The number of rotatable bonds is 3. The molecule has 1 saturated heterocycles. The zero-order valence-electron chi connectivity index (χ0n) is 10.5. The second kappa shape index (κ2) is 5.73. The highest BCUT2D eigenvalue weighted by Crippen LogP contribution is 2.25. The summed E-state index contributed by atoms with van der Waals surface area (Å²) in [5.41, 5.74) is 1.03. The lowest BCUT2D eigenvalue weighted by Crippen LogP contribution is -2.47. The van der Waals surface area contributed by atoms with Crippen LogP contribution >= 0.6 is 0 Å². The summed E-state index contributed by atoms with van der Waals surface area (Å²) in [6, 6.07) is 9.32. The van der Waals surface area contributed by atoms with Crippen molar-refractivity contribution in [1.82, 2.24) is 4.90 Å². The molecular weight excluding hydrogens is 246 g/mol. The molecule has 0 aromatic heterocycles. The zero-order valence-corrected chi connectivity index (χ0v) is 10.5. The van der Waals surface area contributed by atoms with E-state index in [0.717, 1.165) is 5.56 Å². The van der Waals surface area contributed by atoms with Gasteiger partial charge in [0, 0.05) is 12.6 Å². The summed E-state index contributed by atoms with van der Waals surface area (Å²) >= 11 is 0. The lowest BCUT2D eigenvalue weighted by Gasteiger charge is -2.36. The summed E-state index contributed by atoms with van der Waals surface area (Å²) < 4.78 is 0. The van der Waals surface area contributed by atoms with Gasteiger partial charge in [-0.1, -0.05) is 30.3 Å². The number of piperidine rings is 1. The van der Waals surface area contributed by atoms with Gasteiger partial charge < -0.3 is 15.1 Å². The van der Waals surface area contributed by atoms with Crippen LogP contribution in [0.1, 0.15) is 18.4 Å². The number of carboxylic acid groups (broad SMARTS) is 2. The van der Waals surface area contributed by atoms with Gasteiger partial charge in [-0.25, -0.2) is 4.79 Å². The lowest BCUT2D eigenvalue weighted by molar-refractivity contribution is -0.143. The van der Waals surface area contributed by atoms with E-state index in [1.54, 1.807) is 0 Å². The van der Waals surface area contributed by atoms with Crippen LogP contribution in [0.3, 0.4) is 0 Å². The number of likely N-dealkylation sites (tertiary alicyclic amines) is 1. The summed E-state index contributed by atoms with van der Waals surface area (Å²) in [5, 5.41) is 18.3. The van der Waals surface area contributed by atoms with Crippen LogP contribution in [0.4, 0.5) is 4.79 Å². The fourth-order valence-electron chi connectivity index (χ4n) is 2.61. The summed E-state index contributed by atoms with van der Waals surface area (Å²) in [4.78, 5) is 23.6. The maximum atomic E-state index is 11.2. The molecular formula is C14H17NO4. The number of benzene rings is 1. The number of nitrogens with zero attached hydrogens (tertiary/aromatic N) is 1. The molecule has 2 N–H and O–H groups in total. The van der Waals surface area contributed by atoms with E-state index in [-0.39, 0.29) is 6.04 Å².